The Morgan fingerprint density at radius 1 is 1.30 bits per heavy atom. The second-order valence-corrected chi connectivity index (χ2v) is 8.35. The Hall–Kier alpha value is -3.64. The molecule has 1 amide bonds. The van der Waals surface area contributed by atoms with Gasteiger partial charge in [-0.05, 0) is 62.0 Å². The van der Waals surface area contributed by atoms with Crippen LogP contribution in [-0.4, -0.2) is 43.9 Å². The summed E-state index contributed by atoms with van der Waals surface area (Å²) in [5, 5.41) is 21.0. The number of carbonyl (C=O) groups is 2. The van der Waals surface area contributed by atoms with E-state index in [1.807, 2.05) is 0 Å². The summed E-state index contributed by atoms with van der Waals surface area (Å²) in [5.74, 6) is -0.873. The predicted molar refractivity (Wildman–Crippen MR) is 127 cm³/mol. The van der Waals surface area contributed by atoms with Gasteiger partial charge >= 0.3 is 5.97 Å². The molecule has 0 aliphatic carbocycles. The highest BCUT2D eigenvalue weighted by Crippen LogP contribution is 2.35. The molecule has 0 saturated carbocycles. The fraction of sp³-hybridized carbons (Fsp3) is 0.190. The number of hydrogen-bond acceptors (Lipinski definition) is 9. The van der Waals surface area contributed by atoms with Crippen molar-refractivity contribution in [3.8, 4) is 11.5 Å². The number of ether oxygens (including phenoxy) is 2. The van der Waals surface area contributed by atoms with Crippen LogP contribution in [0, 0.1) is 10.1 Å². The van der Waals surface area contributed by atoms with E-state index in [0.717, 1.165) is 11.8 Å². The predicted octanol–water partition coefficient (Wildman–Crippen LogP) is 4.07. The molecular weight excluding hydrogens is 470 g/mol. The number of aliphatic carboxylic acids is 1. The van der Waals surface area contributed by atoms with Gasteiger partial charge in [0.15, 0.2) is 21.9 Å². The van der Waals surface area contributed by atoms with Crippen LogP contribution in [0.25, 0.3) is 6.08 Å². The highest BCUT2D eigenvalue weighted by molar-refractivity contribution is 8.26. The molecule has 33 heavy (non-hydrogen) atoms. The number of carboxylic acids is 1. The molecule has 10 nitrogen and oxygen atoms in total. The Labute approximate surface area is 198 Å². The molecule has 3 rings (SSSR count). The zero-order valence-corrected chi connectivity index (χ0v) is 19.1. The van der Waals surface area contributed by atoms with Gasteiger partial charge in [0.2, 0.25) is 0 Å². The van der Waals surface area contributed by atoms with Crippen molar-refractivity contribution < 1.29 is 29.1 Å². The topological polar surface area (TPSA) is 131 Å². The van der Waals surface area contributed by atoms with Crippen LogP contribution in [0.15, 0.2) is 47.4 Å². The summed E-state index contributed by atoms with van der Waals surface area (Å²) < 4.78 is 11.3. The molecule has 172 valence electrons. The quantitative estimate of drug-likeness (QED) is 0.230. The number of nitro benzene ring substituents is 1. The van der Waals surface area contributed by atoms with Gasteiger partial charge in [-0.3, -0.25) is 20.3 Å². The number of hydrogen-bond donors (Lipinski definition) is 2. The lowest BCUT2D eigenvalue weighted by atomic mass is 10.2. The number of nitro groups is 1. The van der Waals surface area contributed by atoms with Crippen molar-refractivity contribution in [3.05, 3.63) is 63.0 Å². The first kappa shape index (κ1) is 24.0. The summed E-state index contributed by atoms with van der Waals surface area (Å²) in [7, 11) is 0. The van der Waals surface area contributed by atoms with Gasteiger partial charge in [-0.25, -0.2) is 9.80 Å². The summed E-state index contributed by atoms with van der Waals surface area (Å²) in [6, 6.07) is 10.5. The van der Waals surface area contributed by atoms with Gasteiger partial charge in [0.1, 0.15) is 0 Å². The number of nitrogens with zero attached hydrogens (tertiary/aromatic N) is 2. The Morgan fingerprint density at radius 2 is 2.00 bits per heavy atom. The van der Waals surface area contributed by atoms with E-state index in [1.54, 1.807) is 31.2 Å². The van der Waals surface area contributed by atoms with Crippen molar-refractivity contribution in [1.82, 2.24) is 5.01 Å². The SMILES string of the molecule is CCOc1cc(/C=C2/SC(=S)N(Nc3ccc([N+](=O)[O-])cc3)C2=O)ccc1OC(C)C(=O)O. The minimum Gasteiger partial charge on any atom is -0.490 e. The summed E-state index contributed by atoms with van der Waals surface area (Å²) in [5.41, 5.74) is 3.88. The third-order valence-corrected chi connectivity index (χ3v) is 5.63. The average molecular weight is 490 g/mol. The van der Waals surface area contributed by atoms with Gasteiger partial charge < -0.3 is 14.6 Å². The Morgan fingerprint density at radius 3 is 2.61 bits per heavy atom. The second-order valence-electron chi connectivity index (χ2n) is 6.67. The fourth-order valence-electron chi connectivity index (χ4n) is 2.72. The number of hydrazine groups is 1. The van der Waals surface area contributed by atoms with Gasteiger partial charge in [-0.15, -0.1) is 0 Å². The molecule has 2 aromatic carbocycles. The first-order chi connectivity index (χ1) is 15.7. The zero-order valence-electron chi connectivity index (χ0n) is 17.5. The lowest BCUT2D eigenvalue weighted by Gasteiger charge is -2.16. The maximum Gasteiger partial charge on any atom is 0.344 e. The number of non-ortho nitro benzene ring substituents is 1. The number of nitrogens with one attached hydrogen (secondary N) is 1. The molecule has 1 aliphatic rings. The van der Waals surface area contributed by atoms with Crippen molar-refractivity contribution in [2.75, 3.05) is 12.0 Å². The van der Waals surface area contributed by atoms with Gasteiger partial charge in [0, 0.05) is 12.1 Å². The van der Waals surface area contributed by atoms with Gasteiger partial charge in [0.05, 0.1) is 22.1 Å². The van der Waals surface area contributed by atoms with Gasteiger partial charge in [-0.2, -0.15) is 0 Å². The van der Waals surface area contributed by atoms with E-state index in [2.05, 4.69) is 5.43 Å². The number of benzene rings is 2. The maximum atomic E-state index is 12.9. The van der Waals surface area contributed by atoms with Gasteiger partial charge in [0.25, 0.3) is 11.6 Å². The van der Waals surface area contributed by atoms with Crippen molar-refractivity contribution in [1.29, 1.82) is 0 Å². The van der Waals surface area contributed by atoms with Crippen LogP contribution in [0.3, 0.4) is 0 Å². The van der Waals surface area contributed by atoms with E-state index < -0.39 is 17.0 Å². The molecule has 1 atom stereocenters. The van der Waals surface area contributed by atoms with Crippen molar-refractivity contribution in [3.63, 3.8) is 0 Å². The number of rotatable bonds is 9. The van der Waals surface area contributed by atoms with Crippen molar-refractivity contribution in [2.24, 2.45) is 0 Å². The van der Waals surface area contributed by atoms with Crippen LogP contribution in [-0.2, 0) is 9.59 Å². The molecule has 0 bridgehead atoms. The maximum absolute atomic E-state index is 12.9. The van der Waals surface area contributed by atoms with E-state index in [0.29, 0.717) is 28.5 Å². The average Bonchev–Trinajstić information content (AvgIpc) is 3.03. The molecular formula is C21H19N3O7S2. The monoisotopic (exact) mass is 489 g/mol. The second kappa shape index (κ2) is 10.3. The minimum absolute atomic E-state index is 0.0684. The van der Waals surface area contributed by atoms with E-state index in [4.69, 9.17) is 26.8 Å². The molecule has 0 radical (unpaired) electrons. The zero-order chi connectivity index (χ0) is 24.1. The molecule has 2 N–H and O–H groups in total. The Kier molecular flexibility index (Phi) is 7.51. The molecule has 0 aromatic heterocycles. The largest absolute Gasteiger partial charge is 0.490 e. The van der Waals surface area contributed by atoms with Crippen LogP contribution in [0.1, 0.15) is 19.4 Å². The lowest BCUT2D eigenvalue weighted by molar-refractivity contribution is -0.384. The number of thioether (sulfide) groups is 1. The molecule has 1 fully saturated rings. The highest BCUT2D eigenvalue weighted by atomic mass is 32.2. The van der Waals surface area contributed by atoms with Crippen LogP contribution in [0.2, 0.25) is 0 Å². The minimum atomic E-state index is -1.11. The molecule has 1 unspecified atom stereocenters. The molecule has 1 saturated heterocycles. The van der Waals surface area contributed by atoms with E-state index >= 15 is 0 Å². The number of thiocarbonyl (C=S) groups is 1. The standard InChI is InChI=1S/C21H19N3O7S2/c1-3-30-17-10-13(4-9-16(17)31-12(2)20(26)27)11-18-19(25)23(21(32)33-18)22-14-5-7-15(8-6-14)24(28)29/h4-12,22H,3H2,1-2H3,(H,26,27)/b18-11+. The van der Waals surface area contributed by atoms with E-state index in [1.165, 1.54) is 36.2 Å². The summed E-state index contributed by atoms with van der Waals surface area (Å²) in [6.07, 6.45) is 0.570. The van der Waals surface area contributed by atoms with E-state index in [-0.39, 0.29) is 21.7 Å². The van der Waals surface area contributed by atoms with Gasteiger partial charge in [-0.1, -0.05) is 17.8 Å². The number of carboxylic acid groups (broad SMARTS) is 1. The number of anilines is 1. The van der Waals surface area contributed by atoms with Crippen molar-refractivity contribution in [2.45, 2.75) is 20.0 Å². The third-order valence-electron chi connectivity index (χ3n) is 4.33. The fourth-order valence-corrected chi connectivity index (χ4v) is 3.90. The lowest BCUT2D eigenvalue weighted by Crippen LogP contribution is -2.33. The highest BCUT2D eigenvalue weighted by Gasteiger charge is 2.32. The first-order valence-corrected chi connectivity index (χ1v) is 10.9. The number of carbonyl (C=O) groups excluding carboxylic acids is 1. The molecule has 0 spiro atoms. The van der Waals surface area contributed by atoms with Crippen molar-refractivity contribution >= 4 is 57.6 Å². The van der Waals surface area contributed by atoms with Crippen LogP contribution < -0.4 is 14.9 Å². The summed E-state index contributed by atoms with van der Waals surface area (Å²) >= 11 is 6.38. The summed E-state index contributed by atoms with van der Waals surface area (Å²) in [4.78, 5) is 34.6. The molecule has 1 aliphatic heterocycles. The number of amides is 1. The van der Waals surface area contributed by atoms with Crippen LogP contribution in [0.4, 0.5) is 11.4 Å². The normalized spacial score (nSPS) is 15.5. The molecule has 2 aromatic rings. The molecule has 1 heterocycles. The van der Waals surface area contributed by atoms with E-state index in [9.17, 15) is 19.7 Å². The Bertz CT molecular complexity index is 1140. The smallest absolute Gasteiger partial charge is 0.344 e. The molecule has 12 heteroatoms. The van der Waals surface area contributed by atoms with Crippen LogP contribution in [0.5, 0.6) is 11.5 Å². The Balaban J connectivity index is 1.79. The summed E-state index contributed by atoms with van der Waals surface area (Å²) in [6.45, 7) is 3.53. The van der Waals surface area contributed by atoms with Crippen LogP contribution >= 0.6 is 24.0 Å². The third kappa shape index (κ3) is 5.79. The first-order valence-electron chi connectivity index (χ1n) is 9.65.